The van der Waals surface area contributed by atoms with Crippen LogP contribution in [-0.2, 0) is 11.2 Å². The first-order valence-electron chi connectivity index (χ1n) is 7.72. The average Bonchev–Trinajstić information content (AvgIpc) is 3.03. The van der Waals surface area contributed by atoms with Crippen molar-refractivity contribution in [2.45, 2.75) is 19.4 Å². The van der Waals surface area contributed by atoms with Gasteiger partial charge in [-0.1, -0.05) is 22.0 Å². The van der Waals surface area contributed by atoms with Gasteiger partial charge >= 0.3 is 0 Å². The number of benzene rings is 2. The zero-order valence-corrected chi connectivity index (χ0v) is 14.8. The summed E-state index contributed by atoms with van der Waals surface area (Å²) in [5.41, 5.74) is 2.55. The van der Waals surface area contributed by atoms with E-state index in [1.54, 1.807) is 12.1 Å². The number of carbonyl (C=O) groups excluding carboxylic acids is 1. The molecular weight excluding hydrogens is 373 g/mol. The zero-order chi connectivity index (χ0) is 17.1. The summed E-state index contributed by atoms with van der Waals surface area (Å²) in [5, 5.41) is 2.89. The first-order chi connectivity index (χ1) is 11.5. The first kappa shape index (κ1) is 16.7. The molecule has 0 bridgehead atoms. The van der Waals surface area contributed by atoms with E-state index in [4.69, 9.17) is 4.74 Å². The predicted octanol–water partition coefficient (Wildman–Crippen LogP) is 4.41. The van der Waals surface area contributed by atoms with E-state index in [9.17, 15) is 9.18 Å². The van der Waals surface area contributed by atoms with Gasteiger partial charge < -0.3 is 10.1 Å². The highest BCUT2D eigenvalue weighted by atomic mass is 79.9. The van der Waals surface area contributed by atoms with Crippen LogP contribution in [0.3, 0.4) is 0 Å². The van der Waals surface area contributed by atoms with Crippen LogP contribution in [0.1, 0.15) is 29.7 Å². The Kier molecular flexibility index (Phi) is 5.00. The zero-order valence-electron chi connectivity index (χ0n) is 13.2. The molecule has 24 heavy (non-hydrogen) atoms. The second kappa shape index (κ2) is 7.18. The lowest BCUT2D eigenvalue weighted by molar-refractivity contribution is -0.117. The van der Waals surface area contributed by atoms with Crippen LogP contribution in [0.2, 0.25) is 0 Å². The lowest BCUT2D eigenvalue weighted by atomic mass is 10.0. The topological polar surface area (TPSA) is 38.3 Å². The number of rotatable bonds is 4. The van der Waals surface area contributed by atoms with Gasteiger partial charge in [-0.25, -0.2) is 4.39 Å². The Morgan fingerprint density at radius 1 is 1.33 bits per heavy atom. The maximum atomic E-state index is 13.7. The van der Waals surface area contributed by atoms with Gasteiger partial charge in [-0.05, 0) is 54.5 Å². The third kappa shape index (κ3) is 3.85. The number of ether oxygens (including phenoxy) is 1. The summed E-state index contributed by atoms with van der Waals surface area (Å²) in [6.45, 7) is 2.63. The van der Waals surface area contributed by atoms with Crippen LogP contribution >= 0.6 is 15.9 Å². The molecule has 0 saturated carbocycles. The van der Waals surface area contributed by atoms with Crippen molar-refractivity contribution in [3.8, 4) is 5.75 Å². The SMILES string of the molecule is CC(NC(=O)/C=C/c1cc(Br)ccc1F)c1ccc2c(c1)CCO2. The molecule has 0 radical (unpaired) electrons. The standard InChI is InChI=1S/C19H17BrFNO2/c1-12(13-2-6-18-15(10-13)8-9-24-18)22-19(23)7-3-14-11-16(20)4-5-17(14)21/h2-7,10-12H,8-9H2,1H3,(H,22,23)/b7-3+. The summed E-state index contributed by atoms with van der Waals surface area (Å²) in [6, 6.07) is 10.4. The van der Waals surface area contributed by atoms with E-state index < -0.39 is 0 Å². The molecule has 0 spiro atoms. The van der Waals surface area contributed by atoms with Crippen LogP contribution in [0.5, 0.6) is 5.75 Å². The highest BCUT2D eigenvalue weighted by Crippen LogP contribution is 2.28. The van der Waals surface area contributed by atoms with E-state index >= 15 is 0 Å². The molecule has 2 aromatic rings. The maximum Gasteiger partial charge on any atom is 0.244 e. The Morgan fingerprint density at radius 3 is 3.00 bits per heavy atom. The highest BCUT2D eigenvalue weighted by molar-refractivity contribution is 9.10. The summed E-state index contributed by atoms with van der Waals surface area (Å²) in [5.74, 6) is 0.287. The molecule has 1 unspecified atom stereocenters. The van der Waals surface area contributed by atoms with Gasteiger partial charge in [0.15, 0.2) is 0 Å². The maximum absolute atomic E-state index is 13.7. The molecule has 2 aromatic carbocycles. The number of halogens is 2. The molecule has 1 aliphatic rings. The predicted molar refractivity (Wildman–Crippen MR) is 95.3 cm³/mol. The minimum absolute atomic E-state index is 0.139. The number of carbonyl (C=O) groups is 1. The summed E-state index contributed by atoms with van der Waals surface area (Å²) in [6.07, 6.45) is 3.71. The van der Waals surface area contributed by atoms with Gasteiger partial charge in [-0.15, -0.1) is 0 Å². The van der Waals surface area contributed by atoms with Crippen molar-refractivity contribution in [2.24, 2.45) is 0 Å². The van der Waals surface area contributed by atoms with E-state index in [1.165, 1.54) is 23.8 Å². The van der Waals surface area contributed by atoms with Crippen molar-refractivity contribution >= 4 is 27.9 Å². The van der Waals surface area contributed by atoms with Gasteiger partial charge in [0, 0.05) is 22.5 Å². The molecule has 124 valence electrons. The van der Waals surface area contributed by atoms with Crippen LogP contribution in [0, 0.1) is 5.82 Å². The molecular formula is C19H17BrFNO2. The van der Waals surface area contributed by atoms with Crippen molar-refractivity contribution in [3.05, 3.63) is 69.5 Å². The number of hydrogen-bond acceptors (Lipinski definition) is 2. The quantitative estimate of drug-likeness (QED) is 0.786. The molecule has 1 aliphatic heterocycles. The van der Waals surface area contributed by atoms with Gasteiger partial charge in [0.05, 0.1) is 12.6 Å². The first-order valence-corrected chi connectivity index (χ1v) is 8.51. The van der Waals surface area contributed by atoms with Crippen molar-refractivity contribution in [2.75, 3.05) is 6.61 Å². The normalized spacial score (nSPS) is 14.3. The van der Waals surface area contributed by atoms with E-state index in [-0.39, 0.29) is 17.8 Å². The van der Waals surface area contributed by atoms with Crippen molar-refractivity contribution in [1.82, 2.24) is 5.32 Å². The molecule has 0 fully saturated rings. The molecule has 1 N–H and O–H groups in total. The Labute approximate surface area is 148 Å². The van der Waals surface area contributed by atoms with Crippen LogP contribution < -0.4 is 10.1 Å². The van der Waals surface area contributed by atoms with Crippen LogP contribution in [-0.4, -0.2) is 12.5 Å². The molecule has 0 aromatic heterocycles. The Bertz CT molecular complexity index is 804. The highest BCUT2D eigenvalue weighted by Gasteiger charge is 2.15. The van der Waals surface area contributed by atoms with Gasteiger partial charge in [0.2, 0.25) is 5.91 Å². The Morgan fingerprint density at radius 2 is 2.17 bits per heavy atom. The fraction of sp³-hybridized carbons (Fsp3) is 0.211. The number of amides is 1. The lowest BCUT2D eigenvalue weighted by Crippen LogP contribution is -2.24. The van der Waals surface area contributed by atoms with Gasteiger partial charge in [-0.2, -0.15) is 0 Å². The average molecular weight is 390 g/mol. The largest absolute Gasteiger partial charge is 0.493 e. The van der Waals surface area contributed by atoms with Crippen LogP contribution in [0.25, 0.3) is 6.08 Å². The van der Waals surface area contributed by atoms with Gasteiger partial charge in [0.1, 0.15) is 11.6 Å². The van der Waals surface area contributed by atoms with Gasteiger partial charge in [-0.3, -0.25) is 4.79 Å². The summed E-state index contributed by atoms with van der Waals surface area (Å²) >= 11 is 3.29. The summed E-state index contributed by atoms with van der Waals surface area (Å²) < 4.78 is 19.9. The monoisotopic (exact) mass is 389 g/mol. The molecule has 1 heterocycles. The van der Waals surface area contributed by atoms with E-state index in [1.807, 2.05) is 19.1 Å². The second-order valence-electron chi connectivity index (χ2n) is 5.70. The fourth-order valence-corrected chi connectivity index (χ4v) is 3.01. The fourth-order valence-electron chi connectivity index (χ4n) is 2.63. The summed E-state index contributed by atoms with van der Waals surface area (Å²) in [7, 11) is 0. The minimum atomic E-state index is -0.367. The second-order valence-corrected chi connectivity index (χ2v) is 6.61. The minimum Gasteiger partial charge on any atom is -0.493 e. The van der Waals surface area contributed by atoms with E-state index in [2.05, 4.69) is 27.3 Å². The Balaban J connectivity index is 1.66. The van der Waals surface area contributed by atoms with Gasteiger partial charge in [0.25, 0.3) is 0 Å². The number of nitrogens with one attached hydrogen (secondary N) is 1. The molecule has 3 rings (SSSR count). The molecule has 3 nitrogen and oxygen atoms in total. The van der Waals surface area contributed by atoms with E-state index in [0.717, 1.165) is 22.2 Å². The number of fused-ring (bicyclic) bond motifs is 1. The lowest BCUT2D eigenvalue weighted by Gasteiger charge is -2.14. The van der Waals surface area contributed by atoms with Crippen LogP contribution in [0.4, 0.5) is 4.39 Å². The van der Waals surface area contributed by atoms with Crippen LogP contribution in [0.15, 0.2) is 46.9 Å². The molecule has 1 amide bonds. The summed E-state index contributed by atoms with van der Waals surface area (Å²) in [4.78, 5) is 12.1. The van der Waals surface area contributed by atoms with E-state index in [0.29, 0.717) is 12.2 Å². The van der Waals surface area contributed by atoms with Crippen molar-refractivity contribution in [3.63, 3.8) is 0 Å². The third-order valence-electron chi connectivity index (χ3n) is 3.94. The third-order valence-corrected chi connectivity index (χ3v) is 4.44. The molecule has 0 aliphatic carbocycles. The molecule has 0 saturated heterocycles. The Hall–Kier alpha value is -2.14. The number of hydrogen-bond donors (Lipinski definition) is 1. The molecule has 5 heteroatoms. The van der Waals surface area contributed by atoms with Crippen molar-refractivity contribution in [1.29, 1.82) is 0 Å². The molecule has 1 atom stereocenters. The smallest absolute Gasteiger partial charge is 0.244 e. The van der Waals surface area contributed by atoms with Crippen molar-refractivity contribution < 1.29 is 13.9 Å².